The van der Waals surface area contributed by atoms with E-state index in [-0.39, 0.29) is 16.2 Å². The smallest absolute Gasteiger partial charge is 0.163 e. The van der Waals surface area contributed by atoms with E-state index in [4.69, 9.17) is 0 Å². The highest BCUT2D eigenvalue weighted by Crippen LogP contribution is 2.39. The van der Waals surface area contributed by atoms with Gasteiger partial charge in [0.1, 0.15) is 0 Å². The van der Waals surface area contributed by atoms with Gasteiger partial charge < -0.3 is 9.24 Å². The summed E-state index contributed by atoms with van der Waals surface area (Å²) >= 11 is 0. The molecule has 25 heavy (non-hydrogen) atoms. The number of rotatable bonds is 5. The number of benzene rings is 1. The van der Waals surface area contributed by atoms with E-state index in [2.05, 4.69) is 83.7 Å². The van der Waals surface area contributed by atoms with Crippen molar-refractivity contribution in [3.8, 4) is 0 Å². The molecule has 0 aromatic heterocycles. The minimum Gasteiger partial charge on any atom is -0.558 e. The number of Topliss-reactive ketones (excluding diaryl/α,β-unsaturated/α-hetero) is 1. The normalized spacial score (nSPS) is 13.2. The second-order valence-corrected chi connectivity index (χ2v) is 10.8. The molecule has 142 valence electrons. The van der Waals surface area contributed by atoms with Gasteiger partial charge in [0.05, 0.1) is 0 Å². The maximum Gasteiger partial charge on any atom is 0.163 e. The lowest BCUT2D eigenvalue weighted by Gasteiger charge is -2.33. The van der Waals surface area contributed by atoms with Gasteiger partial charge in [-0.05, 0) is 39.4 Å². The summed E-state index contributed by atoms with van der Waals surface area (Å²) in [6.07, 6.45) is 3.56. The van der Waals surface area contributed by atoms with Gasteiger partial charge in [0.15, 0.2) is 5.78 Å². The monoisotopic (exact) mass is 361 g/mol. The quantitative estimate of drug-likeness (QED) is 0.311. The summed E-state index contributed by atoms with van der Waals surface area (Å²) in [7, 11) is 3.52. The van der Waals surface area contributed by atoms with Crippen molar-refractivity contribution in [1.82, 2.24) is 0 Å². The standard InChI is InChI=1S/C23H38OP/c1-21(2,3)16-14-17(22(4,5)6)20(18(15-16)23(7,8)9)19(24)12-10-11-13-25/h14-15,25H,10-13H2,1-9H3/q-1. The SMILES string of the molecule is CC(C)(C)c1cc(C(C)(C)C)c(C(=O)CCCC[PH-])c(C(C)(C)C)c1. The van der Waals surface area contributed by atoms with E-state index in [0.29, 0.717) is 12.2 Å². The Balaban J connectivity index is 3.68. The summed E-state index contributed by atoms with van der Waals surface area (Å²) in [5.74, 6) is 0.301. The number of carbonyl (C=O) groups is 1. The molecule has 0 heterocycles. The lowest BCUT2D eigenvalue weighted by Crippen LogP contribution is -2.26. The van der Waals surface area contributed by atoms with Gasteiger partial charge in [-0.2, -0.15) is 6.16 Å². The van der Waals surface area contributed by atoms with Gasteiger partial charge in [-0.1, -0.05) is 80.9 Å². The largest absolute Gasteiger partial charge is 0.558 e. The first-order valence-corrected chi connectivity index (χ1v) is 10.3. The Bertz CT molecular complexity index is 571. The summed E-state index contributed by atoms with van der Waals surface area (Å²) in [5.41, 5.74) is 4.66. The van der Waals surface area contributed by atoms with Crippen LogP contribution >= 0.6 is 9.24 Å². The molecule has 1 nitrogen and oxygen atoms in total. The lowest BCUT2D eigenvalue weighted by molar-refractivity contribution is 0.0975. The second-order valence-electron chi connectivity index (χ2n) is 10.3. The number of carbonyl (C=O) groups excluding carboxylic acids is 1. The summed E-state index contributed by atoms with van der Waals surface area (Å²) in [6.45, 7) is 20.1. The van der Waals surface area contributed by atoms with Crippen LogP contribution in [0.2, 0.25) is 0 Å². The highest BCUT2D eigenvalue weighted by atomic mass is 31.0. The topological polar surface area (TPSA) is 17.1 Å². The summed E-state index contributed by atoms with van der Waals surface area (Å²) in [5, 5.41) is 0. The van der Waals surface area contributed by atoms with Gasteiger partial charge in [-0.15, -0.1) is 0 Å². The molecule has 0 fully saturated rings. The molecule has 0 radical (unpaired) electrons. The molecule has 2 heteroatoms. The van der Waals surface area contributed by atoms with Gasteiger partial charge in [-0.25, -0.2) is 0 Å². The zero-order valence-corrected chi connectivity index (χ0v) is 18.9. The molecule has 1 aromatic rings. The molecular weight excluding hydrogens is 323 g/mol. The lowest BCUT2D eigenvalue weighted by atomic mass is 9.71. The van der Waals surface area contributed by atoms with Crippen LogP contribution in [0.1, 0.15) is 109 Å². The maximum atomic E-state index is 13.2. The van der Waals surface area contributed by atoms with E-state index >= 15 is 0 Å². The molecule has 0 saturated heterocycles. The molecule has 1 aromatic carbocycles. The number of ketones is 1. The summed E-state index contributed by atoms with van der Waals surface area (Å²) in [4.78, 5) is 13.2. The molecule has 1 rings (SSSR count). The Morgan fingerprint density at radius 1 is 0.800 bits per heavy atom. The third-order valence-electron chi connectivity index (χ3n) is 4.73. The van der Waals surface area contributed by atoms with Crippen LogP contribution in [0.15, 0.2) is 12.1 Å². The molecule has 0 atom stereocenters. The van der Waals surface area contributed by atoms with E-state index in [9.17, 15) is 4.79 Å². The second kappa shape index (κ2) is 7.91. The summed E-state index contributed by atoms with van der Waals surface area (Å²) in [6, 6.07) is 4.57. The average Bonchev–Trinajstić information content (AvgIpc) is 2.43. The van der Waals surface area contributed by atoms with Crippen molar-refractivity contribution >= 4 is 15.0 Å². The van der Waals surface area contributed by atoms with Crippen molar-refractivity contribution in [1.29, 1.82) is 0 Å². The molecule has 0 aliphatic rings. The highest BCUT2D eigenvalue weighted by Gasteiger charge is 2.31. The number of hydrogen-bond acceptors (Lipinski definition) is 1. The fourth-order valence-electron chi connectivity index (χ4n) is 3.09. The van der Waals surface area contributed by atoms with Gasteiger partial charge >= 0.3 is 0 Å². The third-order valence-corrected chi connectivity index (χ3v) is 5.08. The first-order valence-electron chi connectivity index (χ1n) is 9.57. The van der Waals surface area contributed by atoms with E-state index in [0.717, 1.165) is 24.6 Å². The highest BCUT2D eigenvalue weighted by molar-refractivity contribution is 7.16. The molecule has 0 saturated carbocycles. The third kappa shape index (κ3) is 5.92. The maximum absolute atomic E-state index is 13.2. The minimum absolute atomic E-state index is 0.0542. The fourth-order valence-corrected chi connectivity index (χ4v) is 3.34. The van der Waals surface area contributed by atoms with Crippen LogP contribution in [0.4, 0.5) is 0 Å². The number of hydrogen-bond donors (Lipinski definition) is 0. The zero-order chi connectivity index (χ0) is 19.6. The Hall–Kier alpha value is -0.680. The van der Waals surface area contributed by atoms with Gasteiger partial charge in [0.25, 0.3) is 0 Å². The van der Waals surface area contributed by atoms with Crippen LogP contribution < -0.4 is 0 Å². The Kier molecular flexibility index (Phi) is 7.08. The van der Waals surface area contributed by atoms with Crippen molar-refractivity contribution in [3.63, 3.8) is 0 Å². The molecule has 0 aliphatic heterocycles. The molecule has 0 N–H and O–H groups in total. The van der Waals surface area contributed by atoms with Crippen molar-refractivity contribution in [2.75, 3.05) is 6.16 Å². The average molecular weight is 362 g/mol. The predicted molar refractivity (Wildman–Crippen MR) is 114 cm³/mol. The minimum atomic E-state index is -0.0542. The van der Waals surface area contributed by atoms with Crippen LogP contribution in [0.25, 0.3) is 0 Å². The summed E-state index contributed by atoms with van der Waals surface area (Å²) < 4.78 is 0. The first kappa shape index (κ1) is 22.4. The molecular formula is C23H38OP-. The van der Waals surface area contributed by atoms with Crippen molar-refractivity contribution in [3.05, 3.63) is 34.4 Å². The zero-order valence-electron chi connectivity index (χ0n) is 17.9. The van der Waals surface area contributed by atoms with E-state index in [1.165, 1.54) is 16.7 Å². The van der Waals surface area contributed by atoms with Crippen molar-refractivity contribution < 1.29 is 4.79 Å². The van der Waals surface area contributed by atoms with Gasteiger partial charge in [0.2, 0.25) is 0 Å². The Morgan fingerprint density at radius 3 is 1.56 bits per heavy atom. The molecule has 0 aliphatic carbocycles. The Labute approximate surface area is 158 Å². The molecule has 0 bridgehead atoms. The molecule has 0 unspecified atom stereocenters. The van der Waals surface area contributed by atoms with Gasteiger partial charge in [-0.3, -0.25) is 4.79 Å². The Morgan fingerprint density at radius 2 is 1.24 bits per heavy atom. The van der Waals surface area contributed by atoms with E-state index in [1.807, 2.05) is 0 Å². The van der Waals surface area contributed by atoms with E-state index < -0.39 is 0 Å². The number of unbranched alkanes of at least 4 members (excludes halogenated alkanes) is 1. The van der Waals surface area contributed by atoms with E-state index in [1.54, 1.807) is 0 Å². The first-order chi connectivity index (χ1) is 11.2. The fraction of sp³-hybridized carbons (Fsp3) is 0.696. The van der Waals surface area contributed by atoms with Crippen LogP contribution in [0, 0.1) is 0 Å². The van der Waals surface area contributed by atoms with Crippen LogP contribution in [0.5, 0.6) is 0 Å². The van der Waals surface area contributed by atoms with Crippen LogP contribution in [-0.4, -0.2) is 11.9 Å². The van der Waals surface area contributed by atoms with Crippen LogP contribution in [-0.2, 0) is 16.2 Å². The molecule has 0 amide bonds. The predicted octanol–water partition coefficient (Wildman–Crippen LogP) is 7.07. The van der Waals surface area contributed by atoms with Crippen LogP contribution in [0.3, 0.4) is 0 Å². The van der Waals surface area contributed by atoms with Crippen molar-refractivity contribution in [2.45, 2.75) is 97.8 Å². The molecule has 0 spiro atoms. The van der Waals surface area contributed by atoms with Crippen molar-refractivity contribution in [2.24, 2.45) is 0 Å². The van der Waals surface area contributed by atoms with Gasteiger partial charge in [0, 0.05) is 12.0 Å².